The molecule has 1 aliphatic rings. The van der Waals surface area contributed by atoms with Crippen LogP contribution in [-0.2, 0) is 9.59 Å². The molecule has 1 N–H and O–H groups in total. The Hall–Kier alpha value is -3.58. The van der Waals surface area contributed by atoms with Crippen molar-refractivity contribution in [3.8, 4) is 11.5 Å². The summed E-state index contributed by atoms with van der Waals surface area (Å²) < 4.78 is 10.8. The summed E-state index contributed by atoms with van der Waals surface area (Å²) in [5.74, 6) is -0.198. The molecule has 7 heteroatoms. The number of aliphatic hydroxyl groups is 1. The fourth-order valence-electron chi connectivity index (χ4n) is 4.27. The van der Waals surface area contributed by atoms with Crippen LogP contribution < -0.4 is 9.47 Å². The van der Waals surface area contributed by atoms with Gasteiger partial charge in [-0.15, -0.1) is 0 Å². The summed E-state index contributed by atoms with van der Waals surface area (Å²) in [5, 5.41) is 11.2. The molecule has 0 aromatic heterocycles. The fraction of sp³-hybridized carbons (Fsp3) is 0.357. The minimum atomic E-state index is -0.692. The van der Waals surface area contributed by atoms with Crippen LogP contribution in [0.1, 0.15) is 37.4 Å². The first-order valence-electron chi connectivity index (χ1n) is 11.9. The first-order chi connectivity index (χ1) is 16.9. The molecule has 0 saturated carbocycles. The van der Waals surface area contributed by atoms with E-state index in [1.165, 1.54) is 0 Å². The molecule has 3 rings (SSSR count). The van der Waals surface area contributed by atoms with E-state index in [0.717, 1.165) is 25.2 Å². The van der Waals surface area contributed by atoms with E-state index in [9.17, 15) is 14.7 Å². The second-order valence-electron chi connectivity index (χ2n) is 8.27. The minimum Gasteiger partial charge on any atom is -0.507 e. The van der Waals surface area contributed by atoms with E-state index >= 15 is 0 Å². The van der Waals surface area contributed by atoms with Crippen molar-refractivity contribution in [1.29, 1.82) is 0 Å². The molecule has 2 aromatic rings. The maximum Gasteiger partial charge on any atom is 0.295 e. The number of nitrogens with zero attached hydrogens (tertiary/aromatic N) is 2. The van der Waals surface area contributed by atoms with Crippen LogP contribution in [0, 0.1) is 0 Å². The van der Waals surface area contributed by atoms with E-state index in [-0.39, 0.29) is 11.3 Å². The lowest BCUT2D eigenvalue weighted by molar-refractivity contribution is -0.140. The molecule has 1 saturated heterocycles. The minimum absolute atomic E-state index is 0.0859. The average Bonchev–Trinajstić information content (AvgIpc) is 3.14. The monoisotopic (exact) mass is 478 g/mol. The Morgan fingerprint density at radius 2 is 1.69 bits per heavy atom. The van der Waals surface area contributed by atoms with Gasteiger partial charge in [-0.05, 0) is 68.0 Å². The molecule has 0 radical (unpaired) electrons. The van der Waals surface area contributed by atoms with E-state index in [4.69, 9.17) is 9.47 Å². The second kappa shape index (κ2) is 12.2. The highest BCUT2D eigenvalue weighted by Crippen LogP contribution is 2.40. The fourth-order valence-corrected chi connectivity index (χ4v) is 4.27. The number of amides is 1. The summed E-state index contributed by atoms with van der Waals surface area (Å²) in [6.07, 6.45) is 2.38. The molecular weight excluding hydrogens is 444 g/mol. The molecule has 2 aromatic carbocycles. The van der Waals surface area contributed by atoms with Gasteiger partial charge in [0, 0.05) is 12.1 Å². The number of benzene rings is 2. The summed E-state index contributed by atoms with van der Waals surface area (Å²) in [6.45, 7) is 11.3. The molecule has 1 amide bonds. The zero-order valence-corrected chi connectivity index (χ0v) is 20.7. The number of carbonyl (C=O) groups excluding carboxylic acids is 2. The highest BCUT2D eigenvalue weighted by Gasteiger charge is 2.45. The summed E-state index contributed by atoms with van der Waals surface area (Å²) >= 11 is 0. The SMILES string of the molecule is C=CCOc1ccc(C2/C(=C(\O)c3ccc(OC)cc3)C(=O)C(=O)N2CCCN(CC)CC)cc1. The summed E-state index contributed by atoms with van der Waals surface area (Å²) in [7, 11) is 1.56. The number of ketones is 1. The zero-order chi connectivity index (χ0) is 25.4. The van der Waals surface area contributed by atoms with E-state index < -0.39 is 17.7 Å². The van der Waals surface area contributed by atoms with Crippen molar-refractivity contribution in [3.05, 3.63) is 77.9 Å². The Morgan fingerprint density at radius 3 is 2.26 bits per heavy atom. The van der Waals surface area contributed by atoms with Crippen molar-refractivity contribution in [3.63, 3.8) is 0 Å². The number of likely N-dealkylation sites (tertiary alicyclic amines) is 1. The molecular formula is C28H34N2O5. The van der Waals surface area contributed by atoms with Gasteiger partial charge in [0.25, 0.3) is 11.7 Å². The van der Waals surface area contributed by atoms with Gasteiger partial charge in [0.1, 0.15) is 23.9 Å². The first-order valence-corrected chi connectivity index (χ1v) is 11.9. The Kier molecular flexibility index (Phi) is 9.09. The van der Waals surface area contributed by atoms with Crippen LogP contribution in [-0.4, -0.2) is 66.5 Å². The zero-order valence-electron chi connectivity index (χ0n) is 20.7. The topological polar surface area (TPSA) is 79.3 Å². The van der Waals surface area contributed by atoms with E-state index in [1.54, 1.807) is 54.5 Å². The molecule has 1 unspecified atom stereocenters. The molecule has 0 spiro atoms. The van der Waals surface area contributed by atoms with Crippen LogP contribution in [0.2, 0.25) is 0 Å². The van der Waals surface area contributed by atoms with Crippen molar-refractivity contribution in [2.75, 3.05) is 39.9 Å². The Labute approximate surface area is 207 Å². The standard InChI is InChI=1S/C28H34N2O5/c1-5-19-35-23-15-9-20(10-16-23)25-24(26(31)21-11-13-22(34-4)14-12-21)27(32)28(33)30(25)18-8-17-29(6-2)7-3/h5,9-16,25,31H,1,6-8,17-19H2,2-4H3/b26-24+. The van der Waals surface area contributed by atoms with Gasteiger partial charge in [-0.25, -0.2) is 0 Å². The Bertz CT molecular complexity index is 1060. The smallest absolute Gasteiger partial charge is 0.295 e. The molecule has 1 aliphatic heterocycles. The summed E-state index contributed by atoms with van der Waals surface area (Å²) in [6, 6.07) is 13.3. The number of methoxy groups -OCH3 is 1. The lowest BCUT2D eigenvalue weighted by Crippen LogP contribution is -2.33. The number of aliphatic hydroxyl groups excluding tert-OH is 1. The number of ether oxygens (including phenoxy) is 2. The van der Waals surface area contributed by atoms with Crippen LogP contribution in [0.4, 0.5) is 0 Å². The molecule has 1 atom stereocenters. The third-order valence-corrected chi connectivity index (χ3v) is 6.23. The number of hydrogen-bond donors (Lipinski definition) is 1. The maximum atomic E-state index is 13.2. The van der Waals surface area contributed by atoms with Gasteiger partial charge in [-0.2, -0.15) is 0 Å². The molecule has 0 aliphatic carbocycles. The van der Waals surface area contributed by atoms with Crippen LogP contribution in [0.5, 0.6) is 11.5 Å². The Morgan fingerprint density at radius 1 is 1.06 bits per heavy atom. The maximum absolute atomic E-state index is 13.2. The normalized spacial score (nSPS) is 17.1. The summed E-state index contributed by atoms with van der Waals surface area (Å²) in [4.78, 5) is 30.1. The van der Waals surface area contributed by atoms with Crippen LogP contribution in [0.15, 0.2) is 66.8 Å². The largest absolute Gasteiger partial charge is 0.507 e. The van der Waals surface area contributed by atoms with Gasteiger partial charge in [0.05, 0.1) is 18.7 Å². The lowest BCUT2D eigenvalue weighted by Gasteiger charge is -2.27. The summed E-state index contributed by atoms with van der Waals surface area (Å²) in [5.41, 5.74) is 1.26. The van der Waals surface area contributed by atoms with Gasteiger partial charge >= 0.3 is 0 Å². The van der Waals surface area contributed by atoms with Crippen molar-refractivity contribution in [1.82, 2.24) is 9.80 Å². The van der Waals surface area contributed by atoms with Gasteiger partial charge in [0.15, 0.2) is 0 Å². The van der Waals surface area contributed by atoms with E-state index in [0.29, 0.717) is 36.6 Å². The third-order valence-electron chi connectivity index (χ3n) is 6.23. The van der Waals surface area contributed by atoms with E-state index in [2.05, 4.69) is 25.3 Å². The van der Waals surface area contributed by atoms with Crippen LogP contribution in [0.25, 0.3) is 5.76 Å². The van der Waals surface area contributed by atoms with Gasteiger partial charge < -0.3 is 24.4 Å². The quantitative estimate of drug-likeness (QED) is 0.211. The van der Waals surface area contributed by atoms with Gasteiger partial charge in [0.2, 0.25) is 0 Å². The molecule has 7 nitrogen and oxygen atoms in total. The van der Waals surface area contributed by atoms with Crippen molar-refractivity contribution in [2.24, 2.45) is 0 Å². The number of rotatable bonds is 12. The first kappa shape index (κ1) is 26.0. The highest BCUT2D eigenvalue weighted by molar-refractivity contribution is 6.46. The molecule has 35 heavy (non-hydrogen) atoms. The number of carbonyl (C=O) groups is 2. The Balaban J connectivity index is 2.00. The van der Waals surface area contributed by atoms with Crippen LogP contribution >= 0.6 is 0 Å². The van der Waals surface area contributed by atoms with E-state index in [1.807, 2.05) is 12.1 Å². The predicted molar refractivity (Wildman–Crippen MR) is 137 cm³/mol. The number of Topliss-reactive ketones (excluding diaryl/α,β-unsaturated/α-hetero) is 1. The molecule has 1 fully saturated rings. The van der Waals surface area contributed by atoms with Crippen LogP contribution in [0.3, 0.4) is 0 Å². The predicted octanol–water partition coefficient (Wildman–Crippen LogP) is 4.41. The number of hydrogen-bond acceptors (Lipinski definition) is 6. The van der Waals surface area contributed by atoms with Crippen molar-refractivity contribution in [2.45, 2.75) is 26.3 Å². The second-order valence-corrected chi connectivity index (χ2v) is 8.27. The molecule has 186 valence electrons. The molecule has 1 heterocycles. The third kappa shape index (κ3) is 5.92. The molecule has 0 bridgehead atoms. The lowest BCUT2D eigenvalue weighted by atomic mass is 9.95. The highest BCUT2D eigenvalue weighted by atomic mass is 16.5. The van der Waals surface area contributed by atoms with Crippen molar-refractivity contribution >= 4 is 17.4 Å². The van der Waals surface area contributed by atoms with Crippen molar-refractivity contribution < 1.29 is 24.2 Å². The van der Waals surface area contributed by atoms with Gasteiger partial charge in [-0.3, -0.25) is 9.59 Å². The average molecular weight is 479 g/mol. The van der Waals surface area contributed by atoms with Gasteiger partial charge in [-0.1, -0.05) is 38.6 Å².